The van der Waals surface area contributed by atoms with Crippen molar-refractivity contribution in [2.75, 3.05) is 25.1 Å². The normalized spacial score (nSPS) is 10.3. The van der Waals surface area contributed by atoms with Gasteiger partial charge >= 0.3 is 0 Å². The maximum atomic E-state index is 5.39. The third-order valence-corrected chi connectivity index (χ3v) is 2.42. The lowest BCUT2D eigenvalue weighted by molar-refractivity contribution is 0.144. The second kappa shape index (κ2) is 6.85. The molecule has 0 unspecified atom stereocenters. The van der Waals surface area contributed by atoms with Crippen molar-refractivity contribution in [2.45, 2.75) is 20.3 Å². The molecule has 0 aliphatic rings. The van der Waals surface area contributed by atoms with Crippen LogP contribution in [-0.4, -0.2) is 19.8 Å². The molecule has 1 aromatic carbocycles. The molecule has 2 nitrogen and oxygen atoms in total. The van der Waals surface area contributed by atoms with Gasteiger partial charge in [-0.25, -0.2) is 0 Å². The van der Waals surface area contributed by atoms with Crippen LogP contribution >= 0.6 is 15.9 Å². The van der Waals surface area contributed by atoms with Crippen molar-refractivity contribution in [2.24, 2.45) is 0 Å². The summed E-state index contributed by atoms with van der Waals surface area (Å²) in [7, 11) is 0. The second-order valence-electron chi connectivity index (χ2n) is 3.56. The molecule has 15 heavy (non-hydrogen) atoms. The fourth-order valence-electron chi connectivity index (χ4n) is 1.35. The summed E-state index contributed by atoms with van der Waals surface area (Å²) in [6.07, 6.45) is 1.08. The minimum atomic E-state index is 0.763. The van der Waals surface area contributed by atoms with Crippen molar-refractivity contribution >= 4 is 21.6 Å². The van der Waals surface area contributed by atoms with Crippen LogP contribution in [0.5, 0.6) is 0 Å². The first-order valence-corrected chi connectivity index (χ1v) is 6.10. The number of anilines is 1. The first-order chi connectivity index (χ1) is 7.22. The van der Waals surface area contributed by atoms with E-state index in [1.54, 1.807) is 0 Å². The van der Waals surface area contributed by atoms with Crippen molar-refractivity contribution in [3.8, 4) is 0 Å². The third kappa shape index (κ3) is 5.19. The van der Waals surface area contributed by atoms with E-state index in [-0.39, 0.29) is 0 Å². The van der Waals surface area contributed by atoms with E-state index in [0.717, 1.165) is 36.3 Å². The van der Waals surface area contributed by atoms with Crippen LogP contribution in [0.15, 0.2) is 22.7 Å². The highest BCUT2D eigenvalue weighted by Gasteiger charge is 1.95. The first-order valence-electron chi connectivity index (χ1n) is 5.31. The Bertz CT molecular complexity index is 281. The predicted molar refractivity (Wildman–Crippen MR) is 68.5 cm³/mol. The summed E-state index contributed by atoms with van der Waals surface area (Å²) in [5, 5.41) is 3.33. The van der Waals surface area contributed by atoms with Crippen LogP contribution in [0, 0.1) is 6.92 Å². The van der Waals surface area contributed by atoms with E-state index >= 15 is 0 Å². The number of rotatable bonds is 6. The van der Waals surface area contributed by atoms with Crippen molar-refractivity contribution < 1.29 is 4.74 Å². The summed E-state index contributed by atoms with van der Waals surface area (Å²) in [5.74, 6) is 0. The Balaban J connectivity index is 2.31. The molecule has 0 amide bonds. The van der Waals surface area contributed by atoms with Gasteiger partial charge in [-0.3, -0.25) is 0 Å². The number of aryl methyl sites for hydroxylation is 1. The molecule has 0 atom stereocenters. The topological polar surface area (TPSA) is 21.3 Å². The molecule has 0 saturated heterocycles. The average molecular weight is 272 g/mol. The van der Waals surface area contributed by atoms with Gasteiger partial charge in [-0.05, 0) is 37.1 Å². The van der Waals surface area contributed by atoms with Gasteiger partial charge in [0.25, 0.3) is 0 Å². The van der Waals surface area contributed by atoms with Crippen LogP contribution in [0.2, 0.25) is 0 Å². The summed E-state index contributed by atoms with van der Waals surface area (Å²) in [6, 6.07) is 6.30. The Hall–Kier alpha value is -0.540. The van der Waals surface area contributed by atoms with Gasteiger partial charge in [0.15, 0.2) is 0 Å². The highest BCUT2D eigenvalue weighted by molar-refractivity contribution is 9.10. The molecular weight excluding hydrogens is 254 g/mol. The maximum Gasteiger partial charge on any atom is 0.0639 e. The summed E-state index contributed by atoms with van der Waals surface area (Å²) < 4.78 is 6.50. The molecule has 0 aliphatic carbocycles. The Kier molecular flexibility index (Phi) is 5.73. The molecule has 84 valence electrons. The van der Waals surface area contributed by atoms with E-state index in [1.807, 2.05) is 0 Å². The van der Waals surface area contributed by atoms with Crippen molar-refractivity contribution in [1.82, 2.24) is 0 Å². The van der Waals surface area contributed by atoms with Gasteiger partial charge in [-0.2, -0.15) is 0 Å². The fourth-order valence-corrected chi connectivity index (χ4v) is 1.96. The summed E-state index contributed by atoms with van der Waals surface area (Å²) >= 11 is 3.48. The van der Waals surface area contributed by atoms with Crippen LogP contribution in [-0.2, 0) is 4.74 Å². The van der Waals surface area contributed by atoms with E-state index < -0.39 is 0 Å². The number of hydrogen-bond donors (Lipinski definition) is 1. The average Bonchev–Trinajstić information content (AvgIpc) is 2.16. The number of ether oxygens (including phenoxy) is 1. The molecule has 1 N–H and O–H groups in total. The highest BCUT2D eigenvalue weighted by atomic mass is 79.9. The van der Waals surface area contributed by atoms with Gasteiger partial charge in [0.05, 0.1) is 6.61 Å². The first kappa shape index (κ1) is 12.5. The van der Waals surface area contributed by atoms with E-state index in [2.05, 4.69) is 53.3 Å². The van der Waals surface area contributed by atoms with Crippen LogP contribution < -0.4 is 5.32 Å². The summed E-state index contributed by atoms with van der Waals surface area (Å²) in [6.45, 7) is 6.67. The Morgan fingerprint density at radius 1 is 1.27 bits per heavy atom. The number of halogens is 1. The minimum Gasteiger partial charge on any atom is -0.383 e. The third-order valence-electron chi connectivity index (χ3n) is 1.97. The molecule has 0 radical (unpaired) electrons. The zero-order valence-corrected chi connectivity index (χ0v) is 10.9. The molecule has 0 aromatic heterocycles. The van der Waals surface area contributed by atoms with Crippen molar-refractivity contribution in [3.05, 3.63) is 28.2 Å². The van der Waals surface area contributed by atoms with Crippen molar-refractivity contribution in [3.63, 3.8) is 0 Å². The number of hydrogen-bond acceptors (Lipinski definition) is 2. The molecule has 0 aliphatic heterocycles. The minimum absolute atomic E-state index is 0.763. The van der Waals surface area contributed by atoms with Crippen LogP contribution in [0.3, 0.4) is 0 Å². The lowest BCUT2D eigenvalue weighted by Crippen LogP contribution is -2.09. The Labute approximate surface area is 100 Å². The number of benzene rings is 1. The summed E-state index contributed by atoms with van der Waals surface area (Å²) in [4.78, 5) is 0. The van der Waals surface area contributed by atoms with Gasteiger partial charge in [0.2, 0.25) is 0 Å². The molecule has 0 heterocycles. The Morgan fingerprint density at radius 2 is 2.07 bits per heavy atom. The van der Waals surface area contributed by atoms with E-state index in [4.69, 9.17) is 4.74 Å². The number of nitrogens with one attached hydrogen (secondary N) is 1. The molecule has 1 rings (SSSR count). The molecule has 0 fully saturated rings. The fraction of sp³-hybridized carbons (Fsp3) is 0.500. The molecule has 0 saturated carbocycles. The molecule has 1 aromatic rings. The van der Waals surface area contributed by atoms with Crippen LogP contribution in [0.1, 0.15) is 18.9 Å². The quantitative estimate of drug-likeness (QED) is 0.799. The van der Waals surface area contributed by atoms with Gasteiger partial charge in [-0.1, -0.05) is 22.9 Å². The van der Waals surface area contributed by atoms with E-state index in [0.29, 0.717) is 0 Å². The zero-order chi connectivity index (χ0) is 11.1. The Morgan fingerprint density at radius 3 is 2.73 bits per heavy atom. The molecule has 3 heteroatoms. The standard InChI is InChI=1S/C12H18BrNO/c1-3-5-15-6-4-14-12-8-10(2)7-11(13)9-12/h7-9,14H,3-6H2,1-2H3. The summed E-state index contributed by atoms with van der Waals surface area (Å²) in [5.41, 5.74) is 2.39. The van der Waals surface area contributed by atoms with E-state index in [9.17, 15) is 0 Å². The van der Waals surface area contributed by atoms with Crippen LogP contribution in [0.25, 0.3) is 0 Å². The smallest absolute Gasteiger partial charge is 0.0639 e. The lowest BCUT2D eigenvalue weighted by atomic mass is 10.2. The monoisotopic (exact) mass is 271 g/mol. The maximum absolute atomic E-state index is 5.39. The second-order valence-corrected chi connectivity index (χ2v) is 4.47. The SMILES string of the molecule is CCCOCCNc1cc(C)cc(Br)c1. The largest absolute Gasteiger partial charge is 0.383 e. The van der Waals surface area contributed by atoms with Gasteiger partial charge < -0.3 is 10.1 Å². The highest BCUT2D eigenvalue weighted by Crippen LogP contribution is 2.18. The van der Waals surface area contributed by atoms with Gasteiger partial charge in [0, 0.05) is 23.3 Å². The molecular formula is C12H18BrNO. The molecule has 0 spiro atoms. The van der Waals surface area contributed by atoms with Crippen LogP contribution in [0.4, 0.5) is 5.69 Å². The van der Waals surface area contributed by atoms with Gasteiger partial charge in [-0.15, -0.1) is 0 Å². The zero-order valence-electron chi connectivity index (χ0n) is 9.35. The van der Waals surface area contributed by atoms with Gasteiger partial charge in [0.1, 0.15) is 0 Å². The van der Waals surface area contributed by atoms with Crippen molar-refractivity contribution in [1.29, 1.82) is 0 Å². The lowest BCUT2D eigenvalue weighted by Gasteiger charge is -2.08. The van der Waals surface area contributed by atoms with E-state index in [1.165, 1.54) is 5.56 Å². The molecule has 0 bridgehead atoms. The predicted octanol–water partition coefficient (Wildman–Crippen LogP) is 3.60.